The summed E-state index contributed by atoms with van der Waals surface area (Å²) in [5, 5.41) is 2.73. The van der Waals surface area contributed by atoms with E-state index < -0.39 is 5.97 Å². The first-order valence-electron chi connectivity index (χ1n) is 5.91. The van der Waals surface area contributed by atoms with Crippen LogP contribution in [0.2, 0.25) is 0 Å². The van der Waals surface area contributed by atoms with E-state index in [1.54, 1.807) is 6.92 Å². The molecule has 0 aliphatic rings. The van der Waals surface area contributed by atoms with E-state index in [0.717, 1.165) is 23.7 Å². The van der Waals surface area contributed by atoms with Crippen LogP contribution in [0.4, 0.5) is 5.69 Å². The van der Waals surface area contributed by atoms with Gasteiger partial charge in [-0.15, -0.1) is 0 Å². The van der Waals surface area contributed by atoms with E-state index in [0.29, 0.717) is 6.61 Å². The van der Waals surface area contributed by atoms with Gasteiger partial charge in [0.1, 0.15) is 0 Å². The van der Waals surface area contributed by atoms with Crippen molar-refractivity contribution < 1.29 is 14.3 Å². The minimum absolute atomic E-state index is 0.295. The molecule has 1 aromatic carbocycles. The van der Waals surface area contributed by atoms with E-state index >= 15 is 0 Å². The van der Waals surface area contributed by atoms with Crippen LogP contribution >= 0.6 is 0 Å². The Kier molecular flexibility index (Phi) is 5.64. The van der Waals surface area contributed by atoms with E-state index in [-0.39, 0.29) is 5.91 Å². The Morgan fingerprint density at radius 3 is 2.61 bits per heavy atom. The Hall–Kier alpha value is -2.10. The minimum Gasteiger partial charge on any atom is -0.463 e. The fourth-order valence-corrected chi connectivity index (χ4v) is 1.46. The molecule has 18 heavy (non-hydrogen) atoms. The summed E-state index contributed by atoms with van der Waals surface area (Å²) in [5.41, 5.74) is 1.81. The number of carbonyl (C=O) groups excluding carboxylic acids is 2. The van der Waals surface area contributed by atoms with E-state index in [1.807, 2.05) is 31.2 Å². The molecule has 0 atom stereocenters. The standard InChI is InChI=1S/C14H17NO3/c1-3-11-7-5-6-8-12(11)15-13(16)9-10-14(17)18-4-2/h5-10H,3-4H2,1-2H3,(H,15,16)/b10-9+. The van der Waals surface area contributed by atoms with Crippen molar-refractivity contribution in [2.75, 3.05) is 11.9 Å². The molecule has 4 heteroatoms. The third-order valence-electron chi connectivity index (χ3n) is 2.31. The highest BCUT2D eigenvalue weighted by atomic mass is 16.5. The lowest BCUT2D eigenvalue weighted by molar-refractivity contribution is -0.137. The smallest absolute Gasteiger partial charge is 0.330 e. The SMILES string of the molecule is CCOC(=O)/C=C/C(=O)Nc1ccccc1CC. The molecule has 0 fully saturated rings. The zero-order valence-electron chi connectivity index (χ0n) is 10.6. The average Bonchev–Trinajstić information content (AvgIpc) is 2.37. The van der Waals surface area contributed by atoms with Gasteiger partial charge in [-0.3, -0.25) is 4.79 Å². The first-order chi connectivity index (χ1) is 8.67. The van der Waals surface area contributed by atoms with Crippen LogP contribution in [0, 0.1) is 0 Å². The fourth-order valence-electron chi connectivity index (χ4n) is 1.46. The number of anilines is 1. The van der Waals surface area contributed by atoms with Crippen molar-refractivity contribution in [3.63, 3.8) is 0 Å². The van der Waals surface area contributed by atoms with Gasteiger partial charge in [0.05, 0.1) is 6.61 Å². The van der Waals surface area contributed by atoms with E-state index in [1.165, 1.54) is 6.08 Å². The number of esters is 1. The maximum Gasteiger partial charge on any atom is 0.330 e. The molecule has 0 radical (unpaired) electrons. The first kappa shape index (κ1) is 14.0. The largest absolute Gasteiger partial charge is 0.463 e. The Bertz CT molecular complexity index is 452. The van der Waals surface area contributed by atoms with Gasteiger partial charge in [0.15, 0.2) is 0 Å². The molecule has 1 amide bonds. The average molecular weight is 247 g/mol. The maximum absolute atomic E-state index is 11.6. The molecule has 0 aliphatic carbocycles. The second-order valence-electron chi connectivity index (χ2n) is 3.59. The summed E-state index contributed by atoms with van der Waals surface area (Å²) >= 11 is 0. The van der Waals surface area contributed by atoms with Crippen molar-refractivity contribution in [1.29, 1.82) is 0 Å². The number of nitrogens with one attached hydrogen (secondary N) is 1. The molecule has 1 rings (SSSR count). The van der Waals surface area contributed by atoms with Gasteiger partial charge < -0.3 is 10.1 Å². The minimum atomic E-state index is -0.517. The van der Waals surface area contributed by atoms with Gasteiger partial charge in [0.25, 0.3) is 0 Å². The van der Waals surface area contributed by atoms with Gasteiger partial charge in [-0.25, -0.2) is 4.79 Å². The number of carbonyl (C=O) groups is 2. The zero-order chi connectivity index (χ0) is 13.4. The molecule has 0 heterocycles. The molecule has 0 aromatic heterocycles. The maximum atomic E-state index is 11.6. The van der Waals surface area contributed by atoms with Crippen LogP contribution in [-0.4, -0.2) is 18.5 Å². The lowest BCUT2D eigenvalue weighted by atomic mass is 10.1. The van der Waals surface area contributed by atoms with Crippen LogP contribution in [-0.2, 0) is 20.7 Å². The van der Waals surface area contributed by atoms with Crippen LogP contribution in [0.3, 0.4) is 0 Å². The highest BCUT2D eigenvalue weighted by Gasteiger charge is 2.03. The van der Waals surface area contributed by atoms with Gasteiger partial charge in [-0.2, -0.15) is 0 Å². The molecule has 1 N–H and O–H groups in total. The van der Waals surface area contributed by atoms with Crippen molar-refractivity contribution in [3.05, 3.63) is 42.0 Å². The topological polar surface area (TPSA) is 55.4 Å². The summed E-state index contributed by atoms with van der Waals surface area (Å²) in [4.78, 5) is 22.6. The summed E-state index contributed by atoms with van der Waals surface area (Å²) in [7, 11) is 0. The Balaban J connectivity index is 2.62. The van der Waals surface area contributed by atoms with Gasteiger partial charge >= 0.3 is 5.97 Å². The highest BCUT2D eigenvalue weighted by Crippen LogP contribution is 2.15. The number of hydrogen-bond donors (Lipinski definition) is 1. The normalized spacial score (nSPS) is 10.3. The van der Waals surface area contributed by atoms with Gasteiger partial charge in [0.2, 0.25) is 5.91 Å². The van der Waals surface area contributed by atoms with Crippen molar-refractivity contribution in [3.8, 4) is 0 Å². The quantitative estimate of drug-likeness (QED) is 0.641. The molecule has 4 nitrogen and oxygen atoms in total. The molecule has 1 aromatic rings. The van der Waals surface area contributed by atoms with Gasteiger partial charge in [0, 0.05) is 17.8 Å². The zero-order valence-corrected chi connectivity index (χ0v) is 10.6. The molecule has 0 aliphatic heterocycles. The van der Waals surface area contributed by atoms with Crippen LogP contribution in [0.1, 0.15) is 19.4 Å². The van der Waals surface area contributed by atoms with Crippen molar-refractivity contribution in [1.82, 2.24) is 0 Å². The Labute approximate surface area is 107 Å². The van der Waals surface area contributed by atoms with Crippen LogP contribution in [0.25, 0.3) is 0 Å². The van der Waals surface area contributed by atoms with Crippen molar-refractivity contribution >= 4 is 17.6 Å². The molecule has 0 saturated heterocycles. The molecule has 0 spiro atoms. The summed E-state index contributed by atoms with van der Waals surface area (Å²) in [6, 6.07) is 7.55. The molecule has 0 saturated carbocycles. The molecule has 96 valence electrons. The van der Waals surface area contributed by atoms with Crippen molar-refractivity contribution in [2.24, 2.45) is 0 Å². The summed E-state index contributed by atoms with van der Waals surface area (Å²) < 4.78 is 4.68. The third kappa shape index (κ3) is 4.41. The van der Waals surface area contributed by atoms with E-state index in [2.05, 4.69) is 10.1 Å². The fraction of sp³-hybridized carbons (Fsp3) is 0.286. The number of para-hydroxylation sites is 1. The second kappa shape index (κ2) is 7.27. The number of aryl methyl sites for hydroxylation is 1. The lowest BCUT2D eigenvalue weighted by Crippen LogP contribution is -2.10. The predicted molar refractivity (Wildman–Crippen MR) is 70.2 cm³/mol. The number of rotatable bonds is 5. The van der Waals surface area contributed by atoms with Gasteiger partial charge in [-0.1, -0.05) is 25.1 Å². The summed E-state index contributed by atoms with van der Waals surface area (Å²) in [6.45, 7) is 4.02. The first-order valence-corrected chi connectivity index (χ1v) is 5.91. The van der Waals surface area contributed by atoms with Crippen LogP contribution in [0.5, 0.6) is 0 Å². The van der Waals surface area contributed by atoms with Crippen molar-refractivity contribution in [2.45, 2.75) is 20.3 Å². The molecule has 0 unspecified atom stereocenters. The van der Waals surface area contributed by atoms with E-state index in [9.17, 15) is 9.59 Å². The monoisotopic (exact) mass is 247 g/mol. The predicted octanol–water partition coefficient (Wildman–Crippen LogP) is 2.31. The number of benzene rings is 1. The number of ether oxygens (including phenoxy) is 1. The second-order valence-corrected chi connectivity index (χ2v) is 3.59. The number of amides is 1. The number of hydrogen-bond acceptors (Lipinski definition) is 3. The molecule has 0 bridgehead atoms. The summed E-state index contributed by atoms with van der Waals surface area (Å²) in [6.07, 6.45) is 3.12. The molecular formula is C14H17NO3. The Morgan fingerprint density at radius 2 is 1.94 bits per heavy atom. The van der Waals surface area contributed by atoms with Gasteiger partial charge in [-0.05, 0) is 25.0 Å². The van der Waals surface area contributed by atoms with Crippen LogP contribution < -0.4 is 5.32 Å². The lowest BCUT2D eigenvalue weighted by Gasteiger charge is -2.07. The van der Waals surface area contributed by atoms with Crippen LogP contribution in [0.15, 0.2) is 36.4 Å². The summed E-state index contributed by atoms with van der Waals surface area (Å²) in [5.74, 6) is -0.861. The highest BCUT2D eigenvalue weighted by molar-refractivity contribution is 6.02. The van der Waals surface area contributed by atoms with E-state index in [4.69, 9.17) is 0 Å². The Morgan fingerprint density at radius 1 is 1.22 bits per heavy atom. The third-order valence-corrected chi connectivity index (χ3v) is 2.31. The molecular weight excluding hydrogens is 230 g/mol.